The molecule has 0 radical (unpaired) electrons. The standard InChI is InChI=1S/C11H14N2O6/c1-17-3-6-2-8(13-19-6)10(14)12-9-5-18-4-7(9)11(15)16/h2,7,9H,3-5H2,1H3,(H,12,14)(H,15,16). The highest BCUT2D eigenvalue weighted by Crippen LogP contribution is 2.14. The second kappa shape index (κ2) is 5.81. The first-order chi connectivity index (χ1) is 9.11. The second-order valence-corrected chi connectivity index (χ2v) is 4.17. The minimum Gasteiger partial charge on any atom is -0.481 e. The van der Waals surface area contributed by atoms with Gasteiger partial charge in [0.05, 0.1) is 19.3 Å². The topological polar surface area (TPSA) is 111 Å². The summed E-state index contributed by atoms with van der Waals surface area (Å²) in [6.45, 7) is 0.476. The smallest absolute Gasteiger partial charge is 0.311 e. The molecule has 0 aromatic carbocycles. The van der Waals surface area contributed by atoms with Gasteiger partial charge in [0.1, 0.15) is 12.5 Å². The molecule has 1 aromatic heterocycles. The van der Waals surface area contributed by atoms with Gasteiger partial charge >= 0.3 is 5.97 Å². The van der Waals surface area contributed by atoms with Crippen molar-refractivity contribution in [1.82, 2.24) is 10.5 Å². The first kappa shape index (κ1) is 13.5. The van der Waals surface area contributed by atoms with Gasteiger partial charge in [0.2, 0.25) is 0 Å². The Morgan fingerprint density at radius 2 is 2.37 bits per heavy atom. The van der Waals surface area contributed by atoms with E-state index in [2.05, 4.69) is 10.5 Å². The fourth-order valence-electron chi connectivity index (χ4n) is 1.81. The number of carbonyl (C=O) groups excluding carboxylic acids is 1. The largest absolute Gasteiger partial charge is 0.481 e. The maximum absolute atomic E-state index is 11.9. The number of amides is 1. The Morgan fingerprint density at radius 3 is 3.05 bits per heavy atom. The van der Waals surface area contributed by atoms with Crippen LogP contribution in [-0.4, -0.2) is 48.5 Å². The van der Waals surface area contributed by atoms with Gasteiger partial charge in [-0.2, -0.15) is 0 Å². The molecule has 1 aliphatic rings. The van der Waals surface area contributed by atoms with E-state index in [9.17, 15) is 9.59 Å². The van der Waals surface area contributed by atoms with Gasteiger partial charge in [-0.25, -0.2) is 0 Å². The zero-order valence-electron chi connectivity index (χ0n) is 10.3. The number of carboxylic acids is 1. The molecular weight excluding hydrogens is 256 g/mol. The highest BCUT2D eigenvalue weighted by Gasteiger charge is 2.35. The third-order valence-corrected chi connectivity index (χ3v) is 2.79. The lowest BCUT2D eigenvalue weighted by Crippen LogP contribution is -2.42. The molecule has 0 spiro atoms. The van der Waals surface area contributed by atoms with E-state index >= 15 is 0 Å². The molecule has 2 N–H and O–H groups in total. The third-order valence-electron chi connectivity index (χ3n) is 2.79. The molecule has 1 saturated heterocycles. The Kier molecular flexibility index (Phi) is 4.13. The number of nitrogens with zero attached hydrogens (tertiary/aromatic N) is 1. The maximum atomic E-state index is 11.9. The van der Waals surface area contributed by atoms with E-state index in [1.807, 2.05) is 0 Å². The van der Waals surface area contributed by atoms with Crippen LogP contribution in [0.5, 0.6) is 0 Å². The molecule has 1 aliphatic heterocycles. The first-order valence-corrected chi connectivity index (χ1v) is 5.67. The molecule has 19 heavy (non-hydrogen) atoms. The zero-order valence-corrected chi connectivity index (χ0v) is 10.3. The van der Waals surface area contributed by atoms with E-state index in [1.165, 1.54) is 13.2 Å². The Bertz CT molecular complexity index is 472. The van der Waals surface area contributed by atoms with Crippen molar-refractivity contribution in [2.75, 3.05) is 20.3 Å². The van der Waals surface area contributed by atoms with Gasteiger partial charge in [-0.15, -0.1) is 0 Å². The average molecular weight is 270 g/mol. The molecule has 104 valence electrons. The van der Waals surface area contributed by atoms with Gasteiger partial charge in [-0.3, -0.25) is 9.59 Å². The highest BCUT2D eigenvalue weighted by molar-refractivity contribution is 5.92. The summed E-state index contributed by atoms with van der Waals surface area (Å²) in [5.74, 6) is -1.81. The normalized spacial score (nSPS) is 22.4. The number of carbonyl (C=O) groups is 2. The number of ether oxygens (including phenoxy) is 2. The molecule has 1 amide bonds. The van der Waals surface area contributed by atoms with Crippen molar-refractivity contribution in [3.8, 4) is 0 Å². The monoisotopic (exact) mass is 270 g/mol. The van der Waals surface area contributed by atoms with E-state index in [0.29, 0.717) is 5.76 Å². The van der Waals surface area contributed by atoms with Crippen LogP contribution in [0.3, 0.4) is 0 Å². The zero-order chi connectivity index (χ0) is 13.8. The Hall–Kier alpha value is -1.93. The lowest BCUT2D eigenvalue weighted by Gasteiger charge is -2.14. The van der Waals surface area contributed by atoms with Gasteiger partial charge in [0, 0.05) is 13.2 Å². The van der Waals surface area contributed by atoms with E-state index in [4.69, 9.17) is 19.1 Å². The molecule has 0 saturated carbocycles. The van der Waals surface area contributed by atoms with E-state index in [0.717, 1.165) is 0 Å². The molecule has 2 unspecified atom stereocenters. The quantitative estimate of drug-likeness (QED) is 0.752. The van der Waals surface area contributed by atoms with Gasteiger partial charge in [0.15, 0.2) is 11.5 Å². The molecular formula is C11H14N2O6. The summed E-state index contributed by atoms with van der Waals surface area (Å²) in [6.07, 6.45) is 0. The molecule has 1 aromatic rings. The van der Waals surface area contributed by atoms with Gasteiger partial charge in [-0.05, 0) is 0 Å². The summed E-state index contributed by atoms with van der Waals surface area (Å²) in [6, 6.07) is 0.886. The van der Waals surface area contributed by atoms with E-state index < -0.39 is 23.8 Å². The van der Waals surface area contributed by atoms with Gasteiger partial charge in [0.25, 0.3) is 5.91 Å². The highest BCUT2D eigenvalue weighted by atomic mass is 16.5. The van der Waals surface area contributed by atoms with Crippen LogP contribution < -0.4 is 5.32 Å². The van der Waals surface area contributed by atoms with Crippen molar-refractivity contribution in [3.63, 3.8) is 0 Å². The lowest BCUT2D eigenvalue weighted by molar-refractivity contribution is -0.142. The van der Waals surface area contributed by atoms with Crippen LogP contribution in [0.25, 0.3) is 0 Å². The number of hydrogen-bond acceptors (Lipinski definition) is 6. The van der Waals surface area contributed by atoms with Crippen molar-refractivity contribution in [3.05, 3.63) is 17.5 Å². The van der Waals surface area contributed by atoms with E-state index in [1.54, 1.807) is 0 Å². The molecule has 0 bridgehead atoms. The van der Waals surface area contributed by atoms with Crippen molar-refractivity contribution in [2.24, 2.45) is 5.92 Å². The summed E-state index contributed by atoms with van der Waals surface area (Å²) >= 11 is 0. The Labute approximate surface area is 108 Å². The van der Waals surface area contributed by atoms with Crippen LogP contribution in [0.2, 0.25) is 0 Å². The van der Waals surface area contributed by atoms with Crippen molar-refractivity contribution in [1.29, 1.82) is 0 Å². The number of nitrogens with one attached hydrogen (secondary N) is 1. The van der Waals surface area contributed by atoms with E-state index in [-0.39, 0.29) is 25.5 Å². The number of carboxylic acid groups (broad SMARTS) is 1. The van der Waals surface area contributed by atoms with Crippen LogP contribution in [0.1, 0.15) is 16.2 Å². The predicted molar refractivity (Wildman–Crippen MR) is 60.4 cm³/mol. The molecule has 2 heterocycles. The summed E-state index contributed by atoms with van der Waals surface area (Å²) in [7, 11) is 1.50. The number of aromatic nitrogens is 1. The third kappa shape index (κ3) is 3.09. The maximum Gasteiger partial charge on any atom is 0.311 e. The number of rotatable bonds is 5. The SMILES string of the molecule is COCc1cc(C(=O)NC2COCC2C(=O)O)no1. The molecule has 2 rings (SSSR count). The minimum atomic E-state index is -0.997. The summed E-state index contributed by atoms with van der Waals surface area (Å²) in [4.78, 5) is 22.8. The molecule has 0 aliphatic carbocycles. The Balaban J connectivity index is 1.98. The average Bonchev–Trinajstić information content (AvgIpc) is 2.98. The number of methoxy groups -OCH3 is 1. The summed E-state index contributed by atoms with van der Waals surface area (Å²) in [5.41, 5.74) is 0.0862. The van der Waals surface area contributed by atoms with Crippen molar-refractivity contribution < 1.29 is 28.7 Å². The summed E-state index contributed by atoms with van der Waals surface area (Å²) < 4.78 is 14.8. The number of hydrogen-bond donors (Lipinski definition) is 2. The van der Waals surface area contributed by atoms with Crippen molar-refractivity contribution in [2.45, 2.75) is 12.6 Å². The molecule has 1 fully saturated rings. The fraction of sp³-hybridized carbons (Fsp3) is 0.545. The van der Waals surface area contributed by atoms with Gasteiger partial charge < -0.3 is 24.4 Å². The molecule has 2 atom stereocenters. The fourth-order valence-corrected chi connectivity index (χ4v) is 1.81. The lowest BCUT2D eigenvalue weighted by atomic mass is 10.0. The van der Waals surface area contributed by atoms with Crippen molar-refractivity contribution >= 4 is 11.9 Å². The Morgan fingerprint density at radius 1 is 1.58 bits per heavy atom. The molecule has 8 heteroatoms. The van der Waals surface area contributed by atoms with Crippen LogP contribution in [0.15, 0.2) is 10.6 Å². The van der Waals surface area contributed by atoms with Crippen LogP contribution >= 0.6 is 0 Å². The molecule has 8 nitrogen and oxygen atoms in total. The predicted octanol–water partition coefficient (Wildman–Crippen LogP) is -0.350. The number of aliphatic carboxylic acids is 1. The van der Waals surface area contributed by atoms with Crippen LogP contribution in [-0.2, 0) is 20.9 Å². The second-order valence-electron chi connectivity index (χ2n) is 4.17. The first-order valence-electron chi connectivity index (χ1n) is 5.67. The van der Waals surface area contributed by atoms with Crippen LogP contribution in [0.4, 0.5) is 0 Å². The minimum absolute atomic E-state index is 0.0862. The van der Waals surface area contributed by atoms with Gasteiger partial charge in [-0.1, -0.05) is 5.16 Å². The van der Waals surface area contributed by atoms with Crippen LogP contribution in [0, 0.1) is 5.92 Å². The summed E-state index contributed by atoms with van der Waals surface area (Å²) in [5, 5.41) is 15.1.